The standard InChI is InChI=1S/C7H13N5O2/c1-12-4-10-11-6(12)3-9-2-5(8)7(13)14/h4-5,9H,2-3,8H2,1H3,(H,13,14). The summed E-state index contributed by atoms with van der Waals surface area (Å²) in [7, 11) is 1.81. The Hall–Kier alpha value is -1.47. The molecule has 0 radical (unpaired) electrons. The van der Waals surface area contributed by atoms with Crippen LogP contribution >= 0.6 is 0 Å². The summed E-state index contributed by atoms with van der Waals surface area (Å²) >= 11 is 0. The fourth-order valence-corrected chi connectivity index (χ4v) is 0.894. The number of aliphatic carboxylic acids is 1. The summed E-state index contributed by atoms with van der Waals surface area (Å²) in [4.78, 5) is 10.4. The van der Waals surface area contributed by atoms with Gasteiger partial charge in [0.2, 0.25) is 0 Å². The average Bonchev–Trinajstić information content (AvgIpc) is 2.51. The highest BCUT2D eigenvalue weighted by molar-refractivity contribution is 5.73. The van der Waals surface area contributed by atoms with E-state index in [1.165, 1.54) is 0 Å². The largest absolute Gasteiger partial charge is 0.480 e. The molecule has 0 aliphatic carbocycles. The number of aryl methyl sites for hydroxylation is 1. The van der Waals surface area contributed by atoms with E-state index in [4.69, 9.17) is 10.8 Å². The third-order valence-electron chi connectivity index (χ3n) is 1.77. The van der Waals surface area contributed by atoms with Crippen LogP contribution in [-0.2, 0) is 18.4 Å². The van der Waals surface area contributed by atoms with Gasteiger partial charge in [-0.1, -0.05) is 0 Å². The molecule has 0 bridgehead atoms. The van der Waals surface area contributed by atoms with Gasteiger partial charge in [0.25, 0.3) is 0 Å². The summed E-state index contributed by atoms with van der Waals surface area (Å²) in [6.07, 6.45) is 1.58. The molecule has 1 atom stereocenters. The van der Waals surface area contributed by atoms with Gasteiger partial charge in [-0.05, 0) is 0 Å². The van der Waals surface area contributed by atoms with E-state index in [9.17, 15) is 4.79 Å². The van der Waals surface area contributed by atoms with Crippen LogP contribution in [-0.4, -0.2) is 38.4 Å². The Bertz CT molecular complexity index is 311. The number of rotatable bonds is 5. The maximum absolute atomic E-state index is 10.4. The van der Waals surface area contributed by atoms with Gasteiger partial charge in [-0.2, -0.15) is 0 Å². The van der Waals surface area contributed by atoms with Crippen molar-refractivity contribution in [2.75, 3.05) is 6.54 Å². The second-order valence-corrected chi connectivity index (χ2v) is 2.93. The molecule has 1 aromatic heterocycles. The number of nitrogens with two attached hydrogens (primary N) is 1. The van der Waals surface area contributed by atoms with Crippen LogP contribution in [0.15, 0.2) is 6.33 Å². The Morgan fingerprint density at radius 1 is 1.86 bits per heavy atom. The molecule has 0 spiro atoms. The van der Waals surface area contributed by atoms with Crippen molar-refractivity contribution in [1.29, 1.82) is 0 Å². The number of nitrogens with zero attached hydrogens (tertiary/aromatic N) is 3. The SMILES string of the molecule is Cn1cnnc1CNCC(N)C(=O)O. The first-order valence-corrected chi connectivity index (χ1v) is 4.13. The summed E-state index contributed by atoms with van der Waals surface area (Å²) in [6.45, 7) is 0.666. The van der Waals surface area contributed by atoms with Gasteiger partial charge in [0.05, 0.1) is 6.54 Å². The molecule has 1 rings (SSSR count). The number of nitrogens with one attached hydrogen (secondary N) is 1. The van der Waals surface area contributed by atoms with Crippen molar-refractivity contribution >= 4 is 5.97 Å². The average molecular weight is 199 g/mol. The van der Waals surface area contributed by atoms with Crippen LogP contribution in [0.1, 0.15) is 5.82 Å². The molecular weight excluding hydrogens is 186 g/mol. The highest BCUT2D eigenvalue weighted by Gasteiger charge is 2.10. The normalized spacial score (nSPS) is 12.7. The molecule has 1 unspecified atom stereocenters. The smallest absolute Gasteiger partial charge is 0.321 e. The highest BCUT2D eigenvalue weighted by atomic mass is 16.4. The number of carbonyl (C=O) groups is 1. The zero-order valence-electron chi connectivity index (χ0n) is 7.84. The van der Waals surface area contributed by atoms with Crippen LogP contribution in [0.3, 0.4) is 0 Å². The molecule has 0 saturated carbocycles. The Morgan fingerprint density at radius 3 is 3.07 bits per heavy atom. The summed E-state index contributed by atoms with van der Waals surface area (Å²) in [5.41, 5.74) is 5.29. The van der Waals surface area contributed by atoms with E-state index in [-0.39, 0.29) is 6.54 Å². The fourth-order valence-electron chi connectivity index (χ4n) is 0.894. The number of carboxylic acids is 1. The van der Waals surface area contributed by atoms with Crippen molar-refractivity contribution < 1.29 is 9.90 Å². The summed E-state index contributed by atoms with van der Waals surface area (Å²) in [6, 6.07) is -0.886. The van der Waals surface area contributed by atoms with Gasteiger partial charge in [0.1, 0.15) is 18.2 Å². The lowest BCUT2D eigenvalue weighted by Gasteiger charge is -2.07. The predicted molar refractivity (Wildman–Crippen MR) is 48.3 cm³/mol. The molecule has 7 heteroatoms. The van der Waals surface area contributed by atoms with E-state index in [2.05, 4.69) is 15.5 Å². The van der Waals surface area contributed by atoms with Gasteiger partial charge in [-0.25, -0.2) is 0 Å². The van der Waals surface area contributed by atoms with Crippen LogP contribution in [0.25, 0.3) is 0 Å². The minimum Gasteiger partial charge on any atom is -0.480 e. The Labute approximate surface area is 80.9 Å². The van der Waals surface area contributed by atoms with E-state index >= 15 is 0 Å². The predicted octanol–water partition coefficient (Wildman–Crippen LogP) is -1.68. The molecule has 14 heavy (non-hydrogen) atoms. The minimum atomic E-state index is -1.02. The van der Waals surface area contributed by atoms with Gasteiger partial charge in [-0.15, -0.1) is 10.2 Å². The van der Waals surface area contributed by atoms with Crippen LogP contribution in [0.2, 0.25) is 0 Å². The van der Waals surface area contributed by atoms with Crippen LogP contribution in [0.4, 0.5) is 0 Å². The van der Waals surface area contributed by atoms with Gasteiger partial charge < -0.3 is 20.7 Å². The van der Waals surface area contributed by atoms with Crippen LogP contribution < -0.4 is 11.1 Å². The first-order chi connectivity index (χ1) is 6.61. The van der Waals surface area contributed by atoms with Gasteiger partial charge >= 0.3 is 5.97 Å². The first kappa shape index (κ1) is 10.6. The molecule has 0 aliphatic heterocycles. The summed E-state index contributed by atoms with van der Waals surface area (Å²) in [5.74, 6) is -0.280. The molecule has 0 aliphatic rings. The molecule has 7 nitrogen and oxygen atoms in total. The van der Waals surface area contributed by atoms with Crippen molar-refractivity contribution in [3.8, 4) is 0 Å². The molecule has 1 heterocycles. The van der Waals surface area contributed by atoms with Gasteiger partial charge in [0, 0.05) is 13.6 Å². The maximum Gasteiger partial charge on any atom is 0.321 e. The Morgan fingerprint density at radius 2 is 2.57 bits per heavy atom. The second-order valence-electron chi connectivity index (χ2n) is 2.93. The van der Waals surface area contributed by atoms with Crippen molar-refractivity contribution in [2.24, 2.45) is 12.8 Å². The third kappa shape index (κ3) is 2.79. The zero-order valence-corrected chi connectivity index (χ0v) is 7.84. The molecule has 1 aromatic rings. The maximum atomic E-state index is 10.4. The van der Waals surface area contributed by atoms with E-state index in [0.717, 1.165) is 5.82 Å². The molecule has 78 valence electrons. The number of hydrogen-bond donors (Lipinski definition) is 3. The Kier molecular flexibility index (Phi) is 3.55. The number of aromatic nitrogens is 3. The topological polar surface area (TPSA) is 106 Å². The van der Waals surface area contributed by atoms with Crippen LogP contribution in [0, 0.1) is 0 Å². The van der Waals surface area contributed by atoms with E-state index in [1.807, 2.05) is 7.05 Å². The lowest BCUT2D eigenvalue weighted by Crippen LogP contribution is -2.40. The van der Waals surface area contributed by atoms with Crippen LogP contribution in [0.5, 0.6) is 0 Å². The monoisotopic (exact) mass is 199 g/mol. The van der Waals surface area contributed by atoms with Gasteiger partial charge in [0.15, 0.2) is 0 Å². The van der Waals surface area contributed by atoms with E-state index < -0.39 is 12.0 Å². The molecule has 0 fully saturated rings. The molecule has 0 amide bonds. The third-order valence-corrected chi connectivity index (χ3v) is 1.77. The number of hydrogen-bond acceptors (Lipinski definition) is 5. The van der Waals surface area contributed by atoms with E-state index in [0.29, 0.717) is 6.54 Å². The zero-order chi connectivity index (χ0) is 10.6. The second kappa shape index (κ2) is 4.68. The molecular formula is C7H13N5O2. The number of carboxylic acid groups (broad SMARTS) is 1. The first-order valence-electron chi connectivity index (χ1n) is 4.13. The quantitative estimate of drug-likeness (QED) is 0.523. The van der Waals surface area contributed by atoms with E-state index in [1.54, 1.807) is 10.9 Å². The van der Waals surface area contributed by atoms with Gasteiger partial charge in [-0.3, -0.25) is 4.79 Å². The molecule has 0 aromatic carbocycles. The summed E-state index contributed by atoms with van der Waals surface area (Å²) < 4.78 is 1.75. The van der Waals surface area contributed by atoms with Crippen molar-refractivity contribution in [3.63, 3.8) is 0 Å². The minimum absolute atomic E-state index is 0.211. The fraction of sp³-hybridized carbons (Fsp3) is 0.571. The van der Waals surface area contributed by atoms with Crippen molar-refractivity contribution in [2.45, 2.75) is 12.6 Å². The molecule has 0 saturated heterocycles. The lowest BCUT2D eigenvalue weighted by atomic mass is 10.3. The van der Waals surface area contributed by atoms with Crippen molar-refractivity contribution in [1.82, 2.24) is 20.1 Å². The summed E-state index contributed by atoms with van der Waals surface area (Å²) in [5, 5.41) is 18.9. The van der Waals surface area contributed by atoms with Crippen molar-refractivity contribution in [3.05, 3.63) is 12.2 Å². The Balaban J connectivity index is 2.29. The highest BCUT2D eigenvalue weighted by Crippen LogP contribution is 1.89. The molecule has 4 N–H and O–H groups in total. The lowest BCUT2D eigenvalue weighted by molar-refractivity contribution is -0.138.